The van der Waals surface area contributed by atoms with Crippen LogP contribution in [0, 0.1) is 26.9 Å². The van der Waals surface area contributed by atoms with E-state index in [1.54, 1.807) is 12.1 Å². The number of nitro benzene ring substituents is 1. The maximum Gasteiger partial charge on any atom is 0.292 e. The fraction of sp³-hybridized carbons (Fsp3) is 0.455. The number of allylic oxidation sites excluding steroid dienone is 3. The molecule has 1 aliphatic heterocycles. The quantitative estimate of drug-likeness (QED) is 0.577. The third-order valence-corrected chi connectivity index (χ3v) is 5.71. The van der Waals surface area contributed by atoms with Gasteiger partial charge in [0.25, 0.3) is 5.69 Å². The van der Waals surface area contributed by atoms with E-state index in [9.17, 15) is 20.2 Å². The summed E-state index contributed by atoms with van der Waals surface area (Å²) >= 11 is 0. The smallest absolute Gasteiger partial charge is 0.292 e. The summed E-state index contributed by atoms with van der Waals surface area (Å²) in [4.78, 5) is 26.3. The van der Waals surface area contributed by atoms with Gasteiger partial charge in [-0.1, -0.05) is 19.9 Å². The summed E-state index contributed by atoms with van der Waals surface area (Å²) in [7, 11) is 0. The first kappa shape index (κ1) is 21.4. The van der Waals surface area contributed by atoms with Gasteiger partial charge in [-0.2, -0.15) is 5.26 Å². The number of rotatable bonds is 5. The van der Waals surface area contributed by atoms with Gasteiger partial charge in [0.15, 0.2) is 5.78 Å². The second kappa shape index (κ2) is 7.82. The van der Waals surface area contributed by atoms with Crippen LogP contribution >= 0.6 is 0 Å². The highest BCUT2D eigenvalue weighted by atomic mass is 16.6. The summed E-state index contributed by atoms with van der Waals surface area (Å²) in [5.41, 5.74) is 7.14. The number of hydrogen-bond donors (Lipinski definition) is 1. The van der Waals surface area contributed by atoms with E-state index in [0.29, 0.717) is 48.5 Å². The molecule has 0 fully saturated rings. The molecule has 0 amide bonds. The summed E-state index contributed by atoms with van der Waals surface area (Å²) in [6.45, 7) is 9.03. The number of ether oxygens (including phenoxy) is 1. The maximum absolute atomic E-state index is 13.0. The zero-order valence-corrected chi connectivity index (χ0v) is 17.7. The highest BCUT2D eigenvalue weighted by Gasteiger charge is 2.43. The van der Waals surface area contributed by atoms with E-state index < -0.39 is 10.8 Å². The van der Waals surface area contributed by atoms with Gasteiger partial charge in [-0.05, 0) is 30.9 Å². The second-order valence-electron chi connectivity index (χ2n) is 8.38. The van der Waals surface area contributed by atoms with Crippen molar-refractivity contribution in [3.63, 3.8) is 0 Å². The predicted molar refractivity (Wildman–Crippen MR) is 112 cm³/mol. The Balaban J connectivity index is 2.21. The van der Waals surface area contributed by atoms with E-state index in [1.165, 1.54) is 6.07 Å². The van der Waals surface area contributed by atoms with Crippen LogP contribution in [0.2, 0.25) is 0 Å². The zero-order chi connectivity index (χ0) is 22.2. The van der Waals surface area contributed by atoms with Gasteiger partial charge in [0.1, 0.15) is 23.1 Å². The van der Waals surface area contributed by atoms with Crippen molar-refractivity contribution in [2.24, 2.45) is 11.1 Å². The Morgan fingerprint density at radius 1 is 1.33 bits per heavy atom. The van der Waals surface area contributed by atoms with E-state index in [2.05, 4.69) is 0 Å². The minimum absolute atomic E-state index is 0.0535. The molecule has 0 radical (unpaired) electrons. The lowest BCUT2D eigenvalue weighted by atomic mass is 9.70. The van der Waals surface area contributed by atoms with E-state index in [-0.39, 0.29) is 28.3 Å². The lowest BCUT2D eigenvalue weighted by molar-refractivity contribution is -0.384. The van der Waals surface area contributed by atoms with Crippen LogP contribution in [0.1, 0.15) is 52.0 Å². The van der Waals surface area contributed by atoms with Crippen molar-refractivity contribution in [1.29, 1.82) is 5.26 Å². The Hall–Kier alpha value is -3.34. The summed E-state index contributed by atoms with van der Waals surface area (Å²) < 4.78 is 5.68. The minimum Gasteiger partial charge on any atom is -0.444 e. The molecule has 0 saturated carbocycles. The number of nitrogens with two attached hydrogens (primary N) is 1. The molecular formula is C22H26N4O4. The number of hydrogen-bond acceptors (Lipinski definition) is 7. The Kier molecular flexibility index (Phi) is 5.57. The first-order chi connectivity index (χ1) is 14.1. The van der Waals surface area contributed by atoms with Crippen LogP contribution < -0.4 is 10.6 Å². The van der Waals surface area contributed by atoms with Gasteiger partial charge in [0.05, 0.1) is 10.8 Å². The van der Waals surface area contributed by atoms with E-state index in [1.807, 2.05) is 38.7 Å². The molecule has 0 saturated heterocycles. The van der Waals surface area contributed by atoms with Crippen LogP contribution in [-0.2, 0) is 9.53 Å². The van der Waals surface area contributed by atoms with Gasteiger partial charge in [-0.15, -0.1) is 0 Å². The molecule has 158 valence electrons. The number of carbonyl (C=O) groups excluding carboxylic acids is 1. The summed E-state index contributed by atoms with van der Waals surface area (Å²) in [5, 5.41) is 21.5. The van der Waals surface area contributed by atoms with E-state index in [0.717, 1.165) is 0 Å². The number of anilines is 1. The fourth-order valence-electron chi connectivity index (χ4n) is 4.32. The Bertz CT molecular complexity index is 1010. The molecule has 2 aliphatic rings. The van der Waals surface area contributed by atoms with Crippen LogP contribution in [-0.4, -0.2) is 23.8 Å². The minimum atomic E-state index is -0.771. The highest BCUT2D eigenvalue weighted by molar-refractivity contribution is 6.00. The molecule has 8 heteroatoms. The molecule has 2 N–H and O–H groups in total. The molecule has 1 aromatic carbocycles. The summed E-state index contributed by atoms with van der Waals surface area (Å²) in [5.74, 6) is -0.496. The van der Waals surface area contributed by atoms with Gasteiger partial charge in [0.2, 0.25) is 5.88 Å². The van der Waals surface area contributed by atoms with Crippen molar-refractivity contribution >= 4 is 17.2 Å². The van der Waals surface area contributed by atoms with Crippen molar-refractivity contribution in [1.82, 2.24) is 0 Å². The average molecular weight is 410 g/mol. The molecule has 30 heavy (non-hydrogen) atoms. The fourth-order valence-corrected chi connectivity index (χ4v) is 4.32. The Labute approximate surface area is 175 Å². The number of benzene rings is 1. The predicted octanol–water partition coefficient (Wildman–Crippen LogP) is 3.89. The molecule has 0 spiro atoms. The molecule has 0 aromatic heterocycles. The largest absolute Gasteiger partial charge is 0.444 e. The highest BCUT2D eigenvalue weighted by Crippen LogP contribution is 2.48. The van der Waals surface area contributed by atoms with Crippen molar-refractivity contribution in [2.75, 3.05) is 18.0 Å². The molecule has 1 aromatic rings. The van der Waals surface area contributed by atoms with Gasteiger partial charge >= 0.3 is 0 Å². The molecule has 1 heterocycles. The number of Topliss-reactive ketones (excluding diaryl/α,β-unsaturated/α-hetero) is 1. The first-order valence-electron chi connectivity index (χ1n) is 10.0. The van der Waals surface area contributed by atoms with Gasteiger partial charge in [-0.25, -0.2) is 0 Å². The monoisotopic (exact) mass is 410 g/mol. The number of nitrogens with zero attached hydrogens (tertiary/aromatic N) is 3. The van der Waals surface area contributed by atoms with Crippen molar-refractivity contribution in [3.8, 4) is 6.07 Å². The van der Waals surface area contributed by atoms with Gasteiger partial charge in [-0.3, -0.25) is 14.9 Å². The normalized spacial score (nSPS) is 20.4. The van der Waals surface area contributed by atoms with Crippen LogP contribution in [0.25, 0.3) is 0 Å². The van der Waals surface area contributed by atoms with Gasteiger partial charge in [0, 0.05) is 37.6 Å². The molecule has 0 bridgehead atoms. The first-order valence-corrected chi connectivity index (χ1v) is 10.0. The van der Waals surface area contributed by atoms with Crippen LogP contribution in [0.4, 0.5) is 11.4 Å². The number of ketones is 1. The molecule has 0 unspecified atom stereocenters. The zero-order valence-electron chi connectivity index (χ0n) is 17.7. The molecule has 1 aliphatic carbocycles. The van der Waals surface area contributed by atoms with Crippen molar-refractivity contribution in [3.05, 3.63) is 56.7 Å². The Morgan fingerprint density at radius 3 is 2.57 bits per heavy atom. The number of carbonyl (C=O) groups is 1. The standard InChI is InChI=1S/C22H26N4O4/c1-5-25(6-2)15-8-7-13(9-16(15)26(28)29)19-14(12-23)21(24)30-18-11-22(3,4)10-17(27)20(18)19/h7-9,19H,5-6,10-11,24H2,1-4H3/t19-/m1/s1. The maximum atomic E-state index is 13.0. The number of nitriles is 1. The van der Waals surface area contributed by atoms with Crippen LogP contribution in [0.15, 0.2) is 41.0 Å². The Morgan fingerprint density at radius 2 is 2.00 bits per heavy atom. The summed E-state index contributed by atoms with van der Waals surface area (Å²) in [6.07, 6.45) is 0.813. The SMILES string of the molecule is CCN(CC)c1ccc([C@@H]2C(C#N)=C(N)OC3=C2C(=O)CC(C)(C)C3)cc1[N+](=O)[O-]. The molecular weight excluding hydrogens is 384 g/mol. The van der Waals surface area contributed by atoms with Crippen molar-refractivity contribution < 1.29 is 14.5 Å². The topological polar surface area (TPSA) is 122 Å². The molecule has 1 atom stereocenters. The number of nitro groups is 1. The molecule has 8 nitrogen and oxygen atoms in total. The third kappa shape index (κ3) is 3.63. The van der Waals surface area contributed by atoms with E-state index >= 15 is 0 Å². The third-order valence-electron chi connectivity index (χ3n) is 5.71. The van der Waals surface area contributed by atoms with Crippen molar-refractivity contribution in [2.45, 2.75) is 46.5 Å². The second-order valence-corrected chi connectivity index (χ2v) is 8.38. The van der Waals surface area contributed by atoms with Gasteiger partial charge < -0.3 is 15.4 Å². The van der Waals surface area contributed by atoms with Crippen LogP contribution in [0.3, 0.4) is 0 Å². The molecule has 3 rings (SSSR count). The average Bonchev–Trinajstić information content (AvgIpc) is 2.67. The van der Waals surface area contributed by atoms with Crippen LogP contribution in [0.5, 0.6) is 0 Å². The lowest BCUT2D eigenvalue weighted by Gasteiger charge is -2.37. The summed E-state index contributed by atoms with van der Waals surface area (Å²) in [6, 6.07) is 6.91. The van der Waals surface area contributed by atoms with E-state index in [4.69, 9.17) is 10.5 Å². The lowest BCUT2D eigenvalue weighted by Crippen LogP contribution is -2.33.